The summed E-state index contributed by atoms with van der Waals surface area (Å²) in [4.78, 5) is 25.9. The summed E-state index contributed by atoms with van der Waals surface area (Å²) in [5, 5.41) is 2.95. The quantitative estimate of drug-likeness (QED) is 0.911. The number of nitrogens with one attached hydrogen (secondary N) is 2. The van der Waals surface area contributed by atoms with E-state index in [0.717, 1.165) is 30.4 Å². The Labute approximate surface area is 128 Å². The summed E-state index contributed by atoms with van der Waals surface area (Å²) in [7, 11) is 0. The summed E-state index contributed by atoms with van der Waals surface area (Å²) < 4.78 is 5.28. The van der Waals surface area contributed by atoms with Gasteiger partial charge >= 0.3 is 6.09 Å². The fraction of sp³-hybridized carbons (Fsp3) is 0.294. The molecule has 2 aromatic rings. The summed E-state index contributed by atoms with van der Waals surface area (Å²) >= 11 is 0. The van der Waals surface area contributed by atoms with Crippen molar-refractivity contribution in [3.63, 3.8) is 0 Å². The Balaban J connectivity index is 1.64. The number of amides is 1. The van der Waals surface area contributed by atoms with Crippen molar-refractivity contribution in [2.24, 2.45) is 0 Å². The molecule has 1 aliphatic rings. The highest BCUT2D eigenvalue weighted by Gasteiger charge is 2.40. The molecular weight excluding hydrogens is 280 g/mol. The second-order valence-electron chi connectivity index (χ2n) is 5.56. The van der Waals surface area contributed by atoms with Gasteiger partial charge < -0.3 is 15.0 Å². The minimum absolute atomic E-state index is 0.148. The first kappa shape index (κ1) is 14.4. The molecule has 1 amide bonds. The maximum Gasteiger partial charge on any atom is 0.408 e. The highest BCUT2D eigenvalue weighted by Crippen LogP contribution is 2.40. The van der Waals surface area contributed by atoms with E-state index in [9.17, 15) is 9.59 Å². The van der Waals surface area contributed by atoms with Crippen LogP contribution in [0.15, 0.2) is 53.5 Å². The summed E-state index contributed by atoms with van der Waals surface area (Å²) in [6.07, 6.45) is 3.96. The lowest BCUT2D eigenvalue weighted by Crippen LogP contribution is -2.51. The fourth-order valence-electron chi connectivity index (χ4n) is 2.68. The molecule has 5 nitrogen and oxygen atoms in total. The van der Waals surface area contributed by atoms with Crippen molar-refractivity contribution in [2.75, 3.05) is 0 Å². The minimum atomic E-state index is -0.435. The standard InChI is InChI=1S/C17H18N2O3/c20-15-8-7-14(11-18-15)17(9-4-10-17)19-16(21)22-12-13-5-2-1-3-6-13/h1-3,5-8,11H,4,9-10,12H2,(H,18,20)(H,19,21). The second-order valence-corrected chi connectivity index (χ2v) is 5.56. The van der Waals surface area contributed by atoms with Gasteiger partial charge in [-0.1, -0.05) is 30.3 Å². The van der Waals surface area contributed by atoms with Crippen LogP contribution in [0.5, 0.6) is 0 Å². The van der Waals surface area contributed by atoms with Gasteiger partial charge in [0.25, 0.3) is 0 Å². The van der Waals surface area contributed by atoms with Gasteiger partial charge in [0.15, 0.2) is 0 Å². The topological polar surface area (TPSA) is 71.2 Å². The van der Waals surface area contributed by atoms with Gasteiger partial charge in [0, 0.05) is 12.3 Å². The van der Waals surface area contributed by atoms with Crippen LogP contribution >= 0.6 is 0 Å². The van der Waals surface area contributed by atoms with Crippen LogP contribution in [0.2, 0.25) is 0 Å². The first-order valence-corrected chi connectivity index (χ1v) is 7.36. The Morgan fingerprint density at radius 3 is 2.55 bits per heavy atom. The van der Waals surface area contributed by atoms with E-state index in [1.54, 1.807) is 12.3 Å². The zero-order valence-electron chi connectivity index (χ0n) is 12.2. The van der Waals surface area contributed by atoms with Crippen LogP contribution in [0.1, 0.15) is 30.4 Å². The Hall–Kier alpha value is -2.56. The van der Waals surface area contributed by atoms with Gasteiger partial charge in [-0.2, -0.15) is 0 Å². The van der Waals surface area contributed by atoms with E-state index in [-0.39, 0.29) is 12.2 Å². The normalized spacial score (nSPS) is 15.6. The molecule has 2 N–H and O–H groups in total. The number of aromatic amines is 1. The van der Waals surface area contributed by atoms with Crippen LogP contribution in [-0.4, -0.2) is 11.1 Å². The molecular formula is C17H18N2O3. The molecule has 1 aliphatic carbocycles. The van der Waals surface area contributed by atoms with Gasteiger partial charge in [0.05, 0.1) is 5.54 Å². The third-order valence-electron chi connectivity index (χ3n) is 4.10. The average Bonchev–Trinajstić information content (AvgIpc) is 2.51. The molecule has 3 rings (SSSR count). The Morgan fingerprint density at radius 2 is 1.95 bits per heavy atom. The molecule has 114 valence electrons. The highest BCUT2D eigenvalue weighted by molar-refractivity contribution is 5.69. The van der Waals surface area contributed by atoms with E-state index in [2.05, 4.69) is 10.3 Å². The number of hydrogen-bond donors (Lipinski definition) is 2. The zero-order valence-corrected chi connectivity index (χ0v) is 12.2. The lowest BCUT2D eigenvalue weighted by Gasteiger charge is -2.42. The molecule has 22 heavy (non-hydrogen) atoms. The Bertz CT molecular complexity index is 685. The number of carbonyl (C=O) groups is 1. The van der Waals surface area contributed by atoms with Crippen molar-refractivity contribution < 1.29 is 9.53 Å². The number of benzene rings is 1. The van der Waals surface area contributed by atoms with Gasteiger partial charge in [-0.15, -0.1) is 0 Å². The molecule has 1 fully saturated rings. The van der Waals surface area contributed by atoms with Crippen LogP contribution in [0, 0.1) is 0 Å². The maximum atomic E-state index is 12.1. The van der Waals surface area contributed by atoms with Crippen molar-refractivity contribution in [2.45, 2.75) is 31.4 Å². The van der Waals surface area contributed by atoms with E-state index in [1.165, 1.54) is 6.07 Å². The van der Waals surface area contributed by atoms with Gasteiger partial charge in [0.1, 0.15) is 6.61 Å². The maximum absolute atomic E-state index is 12.1. The SMILES string of the molecule is O=C(NC1(c2ccc(=O)[nH]c2)CCC1)OCc1ccccc1. The number of pyridine rings is 1. The third-order valence-corrected chi connectivity index (χ3v) is 4.10. The molecule has 0 bridgehead atoms. The van der Waals surface area contributed by atoms with Crippen molar-refractivity contribution in [1.29, 1.82) is 0 Å². The van der Waals surface area contributed by atoms with Gasteiger partial charge in [-0.3, -0.25) is 4.79 Å². The molecule has 0 spiro atoms. The molecule has 1 aromatic carbocycles. The first-order valence-electron chi connectivity index (χ1n) is 7.36. The number of H-pyrrole nitrogens is 1. The van der Waals surface area contributed by atoms with E-state index < -0.39 is 11.6 Å². The van der Waals surface area contributed by atoms with Crippen LogP contribution in [-0.2, 0) is 16.9 Å². The van der Waals surface area contributed by atoms with Gasteiger partial charge in [-0.25, -0.2) is 4.79 Å². The van der Waals surface area contributed by atoms with Gasteiger partial charge in [-0.05, 0) is 36.5 Å². The highest BCUT2D eigenvalue weighted by atomic mass is 16.5. The van der Waals surface area contributed by atoms with Crippen LogP contribution < -0.4 is 10.9 Å². The van der Waals surface area contributed by atoms with Crippen molar-refractivity contribution in [3.05, 3.63) is 70.1 Å². The van der Waals surface area contributed by atoms with Crippen molar-refractivity contribution in [1.82, 2.24) is 10.3 Å². The zero-order chi connectivity index (χ0) is 15.4. The number of ether oxygens (including phenoxy) is 1. The predicted molar refractivity (Wildman–Crippen MR) is 82.4 cm³/mol. The van der Waals surface area contributed by atoms with E-state index in [1.807, 2.05) is 30.3 Å². The molecule has 5 heteroatoms. The monoisotopic (exact) mass is 298 g/mol. The summed E-state index contributed by atoms with van der Waals surface area (Å²) in [6.45, 7) is 0.244. The molecule has 0 radical (unpaired) electrons. The minimum Gasteiger partial charge on any atom is -0.445 e. The Kier molecular flexibility index (Phi) is 3.96. The Morgan fingerprint density at radius 1 is 1.18 bits per heavy atom. The molecule has 0 unspecified atom stereocenters. The average molecular weight is 298 g/mol. The molecule has 0 aliphatic heterocycles. The predicted octanol–water partition coefficient (Wildman–Crippen LogP) is 2.68. The first-order chi connectivity index (χ1) is 10.7. The second kappa shape index (κ2) is 6.05. The summed E-state index contributed by atoms with van der Waals surface area (Å²) in [5.41, 5.74) is 1.29. The largest absolute Gasteiger partial charge is 0.445 e. The third kappa shape index (κ3) is 3.03. The number of aromatic nitrogens is 1. The molecule has 1 saturated carbocycles. The lowest BCUT2D eigenvalue weighted by atomic mass is 9.72. The number of carbonyl (C=O) groups excluding carboxylic acids is 1. The van der Waals surface area contributed by atoms with E-state index in [0.29, 0.717) is 0 Å². The van der Waals surface area contributed by atoms with E-state index >= 15 is 0 Å². The van der Waals surface area contributed by atoms with Gasteiger partial charge in [0.2, 0.25) is 5.56 Å². The van der Waals surface area contributed by atoms with Crippen molar-refractivity contribution in [3.8, 4) is 0 Å². The number of hydrogen-bond acceptors (Lipinski definition) is 3. The van der Waals surface area contributed by atoms with Crippen LogP contribution in [0.3, 0.4) is 0 Å². The fourth-order valence-corrected chi connectivity index (χ4v) is 2.68. The van der Waals surface area contributed by atoms with Crippen LogP contribution in [0.25, 0.3) is 0 Å². The summed E-state index contributed by atoms with van der Waals surface area (Å²) in [5.74, 6) is 0. The molecule has 0 atom stereocenters. The molecule has 0 saturated heterocycles. The van der Waals surface area contributed by atoms with E-state index in [4.69, 9.17) is 4.74 Å². The number of alkyl carbamates (subject to hydrolysis) is 1. The molecule has 1 aromatic heterocycles. The molecule has 1 heterocycles. The number of rotatable bonds is 4. The lowest BCUT2D eigenvalue weighted by molar-refractivity contribution is 0.106. The smallest absolute Gasteiger partial charge is 0.408 e. The van der Waals surface area contributed by atoms with Crippen LogP contribution in [0.4, 0.5) is 4.79 Å². The summed E-state index contributed by atoms with van der Waals surface area (Å²) in [6, 6.07) is 12.8. The van der Waals surface area contributed by atoms with Crippen molar-refractivity contribution >= 4 is 6.09 Å².